The predicted molar refractivity (Wildman–Crippen MR) is 133 cm³/mol. The summed E-state index contributed by atoms with van der Waals surface area (Å²) in [5.74, 6) is -0.388. The lowest BCUT2D eigenvalue weighted by Gasteiger charge is -2.28. The average molecular weight is 487 g/mol. The van der Waals surface area contributed by atoms with Gasteiger partial charge in [-0.15, -0.1) is 11.3 Å². The third-order valence-electron chi connectivity index (χ3n) is 5.88. The lowest BCUT2D eigenvalue weighted by molar-refractivity contribution is -0.139. The SMILES string of the molecule is COCCN(CC(=O)Nc1nc(CC(=O)NCCc2ccccc2)cs1)C(=O)C1CCCCC1. The van der Waals surface area contributed by atoms with Gasteiger partial charge in [-0.1, -0.05) is 49.6 Å². The summed E-state index contributed by atoms with van der Waals surface area (Å²) in [4.78, 5) is 43.7. The molecule has 1 heterocycles. The standard InChI is InChI=1S/C25H34N4O4S/c1-33-15-14-29(24(32)20-10-6-3-7-11-20)17-23(31)28-25-27-21(18-34-25)16-22(30)26-13-12-19-8-4-2-5-9-19/h2,4-5,8-9,18,20H,3,6-7,10-17H2,1H3,(H,26,30)(H,27,28,31). The normalized spacial score (nSPS) is 13.9. The summed E-state index contributed by atoms with van der Waals surface area (Å²) >= 11 is 1.27. The Labute approximate surface area is 205 Å². The van der Waals surface area contributed by atoms with Crippen molar-refractivity contribution in [1.29, 1.82) is 0 Å². The van der Waals surface area contributed by atoms with Gasteiger partial charge < -0.3 is 20.3 Å². The molecule has 1 aliphatic carbocycles. The monoisotopic (exact) mass is 486 g/mol. The highest BCUT2D eigenvalue weighted by atomic mass is 32.1. The van der Waals surface area contributed by atoms with Gasteiger partial charge in [0.25, 0.3) is 0 Å². The minimum atomic E-state index is -0.298. The van der Waals surface area contributed by atoms with E-state index >= 15 is 0 Å². The Morgan fingerprint density at radius 3 is 2.62 bits per heavy atom. The lowest BCUT2D eigenvalue weighted by atomic mass is 9.88. The molecule has 0 spiro atoms. The van der Waals surface area contributed by atoms with Gasteiger partial charge >= 0.3 is 0 Å². The highest BCUT2D eigenvalue weighted by Gasteiger charge is 2.27. The molecule has 34 heavy (non-hydrogen) atoms. The maximum absolute atomic E-state index is 12.9. The van der Waals surface area contributed by atoms with Crippen LogP contribution in [0.4, 0.5) is 5.13 Å². The number of benzene rings is 1. The van der Waals surface area contributed by atoms with E-state index in [-0.39, 0.29) is 36.6 Å². The number of ether oxygens (including phenoxy) is 1. The zero-order chi connectivity index (χ0) is 24.2. The van der Waals surface area contributed by atoms with Crippen molar-refractivity contribution < 1.29 is 19.1 Å². The Kier molecular flexibility index (Phi) is 10.5. The topological polar surface area (TPSA) is 101 Å². The first-order chi connectivity index (χ1) is 16.5. The van der Waals surface area contributed by atoms with Crippen molar-refractivity contribution in [3.8, 4) is 0 Å². The van der Waals surface area contributed by atoms with E-state index in [2.05, 4.69) is 15.6 Å². The number of nitrogens with zero attached hydrogens (tertiary/aromatic N) is 2. The van der Waals surface area contributed by atoms with E-state index in [4.69, 9.17) is 4.74 Å². The van der Waals surface area contributed by atoms with Crippen LogP contribution in [0, 0.1) is 5.92 Å². The minimum absolute atomic E-state index is 0.00900. The number of anilines is 1. The summed E-state index contributed by atoms with van der Waals surface area (Å²) < 4.78 is 5.13. The van der Waals surface area contributed by atoms with Crippen LogP contribution in [0.2, 0.25) is 0 Å². The van der Waals surface area contributed by atoms with Gasteiger partial charge in [0.05, 0.1) is 18.7 Å². The van der Waals surface area contributed by atoms with Crippen molar-refractivity contribution >= 4 is 34.2 Å². The number of methoxy groups -OCH3 is 1. The van der Waals surface area contributed by atoms with Gasteiger partial charge in [0, 0.05) is 31.5 Å². The highest BCUT2D eigenvalue weighted by molar-refractivity contribution is 7.13. The fraction of sp³-hybridized carbons (Fsp3) is 0.520. The number of nitrogens with one attached hydrogen (secondary N) is 2. The van der Waals surface area contributed by atoms with Crippen LogP contribution in [0.1, 0.15) is 43.4 Å². The van der Waals surface area contributed by atoms with Crippen LogP contribution >= 0.6 is 11.3 Å². The van der Waals surface area contributed by atoms with E-state index in [9.17, 15) is 14.4 Å². The number of aromatic nitrogens is 1. The molecule has 9 heteroatoms. The summed E-state index contributed by atoms with van der Waals surface area (Å²) in [7, 11) is 1.58. The van der Waals surface area contributed by atoms with Gasteiger partial charge in [-0.25, -0.2) is 4.98 Å². The Bertz CT molecular complexity index is 928. The van der Waals surface area contributed by atoms with Crippen LogP contribution in [-0.4, -0.2) is 61.0 Å². The molecule has 0 atom stereocenters. The van der Waals surface area contributed by atoms with E-state index in [1.807, 2.05) is 30.3 Å². The Morgan fingerprint density at radius 1 is 1.12 bits per heavy atom. The molecule has 3 rings (SSSR count). The molecular formula is C25H34N4O4S. The van der Waals surface area contributed by atoms with Gasteiger partial charge in [-0.05, 0) is 24.8 Å². The number of amides is 3. The van der Waals surface area contributed by atoms with Crippen LogP contribution in [0.25, 0.3) is 0 Å². The summed E-state index contributed by atoms with van der Waals surface area (Å²) in [6.45, 7) is 1.29. The first-order valence-corrected chi connectivity index (χ1v) is 12.8. The Balaban J connectivity index is 1.45. The Morgan fingerprint density at radius 2 is 1.88 bits per heavy atom. The van der Waals surface area contributed by atoms with Crippen LogP contribution < -0.4 is 10.6 Å². The molecule has 0 saturated heterocycles. The largest absolute Gasteiger partial charge is 0.383 e. The Hall–Kier alpha value is -2.78. The maximum atomic E-state index is 12.9. The summed E-state index contributed by atoms with van der Waals surface area (Å²) in [6.07, 6.45) is 5.97. The van der Waals surface area contributed by atoms with Crippen molar-refractivity contribution in [2.75, 3.05) is 38.7 Å². The van der Waals surface area contributed by atoms with E-state index in [0.29, 0.717) is 30.5 Å². The third-order valence-corrected chi connectivity index (χ3v) is 6.69. The number of thiazole rings is 1. The van der Waals surface area contributed by atoms with Gasteiger partial charge in [-0.3, -0.25) is 14.4 Å². The second-order valence-electron chi connectivity index (χ2n) is 8.54. The molecule has 0 bridgehead atoms. The molecule has 1 fully saturated rings. The molecular weight excluding hydrogens is 452 g/mol. The fourth-order valence-electron chi connectivity index (χ4n) is 4.07. The second kappa shape index (κ2) is 13.8. The molecule has 3 amide bonds. The van der Waals surface area contributed by atoms with Gasteiger partial charge in [0.1, 0.15) is 6.54 Å². The minimum Gasteiger partial charge on any atom is -0.383 e. The number of carbonyl (C=O) groups excluding carboxylic acids is 3. The van der Waals surface area contributed by atoms with E-state index < -0.39 is 0 Å². The van der Waals surface area contributed by atoms with Crippen LogP contribution in [-0.2, 0) is 32.0 Å². The number of hydrogen-bond acceptors (Lipinski definition) is 6. The fourth-order valence-corrected chi connectivity index (χ4v) is 4.80. The second-order valence-corrected chi connectivity index (χ2v) is 9.40. The van der Waals surface area contributed by atoms with Crippen LogP contribution in [0.3, 0.4) is 0 Å². The number of rotatable bonds is 12. The van der Waals surface area contributed by atoms with E-state index in [1.165, 1.54) is 23.3 Å². The van der Waals surface area contributed by atoms with Gasteiger partial charge in [0.15, 0.2) is 5.13 Å². The first-order valence-electron chi connectivity index (χ1n) is 11.9. The third kappa shape index (κ3) is 8.53. The first kappa shape index (κ1) is 25.8. The molecule has 184 valence electrons. The van der Waals surface area contributed by atoms with Gasteiger partial charge in [-0.2, -0.15) is 0 Å². The molecule has 0 radical (unpaired) electrons. The summed E-state index contributed by atoms with van der Waals surface area (Å²) in [5, 5.41) is 7.86. The molecule has 1 aromatic carbocycles. The van der Waals surface area contributed by atoms with Crippen molar-refractivity contribution in [2.45, 2.75) is 44.9 Å². The molecule has 0 aliphatic heterocycles. The van der Waals surface area contributed by atoms with Crippen molar-refractivity contribution in [3.63, 3.8) is 0 Å². The lowest BCUT2D eigenvalue weighted by Crippen LogP contribution is -2.43. The molecule has 0 unspecified atom stereocenters. The zero-order valence-corrected chi connectivity index (χ0v) is 20.6. The van der Waals surface area contributed by atoms with Crippen molar-refractivity contribution in [2.24, 2.45) is 5.92 Å². The molecule has 8 nitrogen and oxygen atoms in total. The van der Waals surface area contributed by atoms with E-state index in [0.717, 1.165) is 32.1 Å². The highest BCUT2D eigenvalue weighted by Crippen LogP contribution is 2.25. The maximum Gasteiger partial charge on any atom is 0.245 e. The smallest absolute Gasteiger partial charge is 0.245 e. The van der Waals surface area contributed by atoms with Crippen LogP contribution in [0.5, 0.6) is 0 Å². The summed E-state index contributed by atoms with van der Waals surface area (Å²) in [6, 6.07) is 9.98. The van der Waals surface area contributed by atoms with Crippen LogP contribution in [0.15, 0.2) is 35.7 Å². The quantitative estimate of drug-likeness (QED) is 0.480. The molecule has 1 saturated carbocycles. The molecule has 1 aromatic heterocycles. The number of hydrogen-bond donors (Lipinski definition) is 2. The molecule has 2 aromatic rings. The predicted octanol–water partition coefficient (Wildman–Crippen LogP) is 3.04. The number of carbonyl (C=O) groups is 3. The van der Waals surface area contributed by atoms with Crippen molar-refractivity contribution in [1.82, 2.24) is 15.2 Å². The average Bonchev–Trinajstić information content (AvgIpc) is 3.28. The van der Waals surface area contributed by atoms with Gasteiger partial charge in [0.2, 0.25) is 17.7 Å². The zero-order valence-electron chi connectivity index (χ0n) is 19.8. The summed E-state index contributed by atoms with van der Waals surface area (Å²) in [5.41, 5.74) is 1.77. The van der Waals surface area contributed by atoms with E-state index in [1.54, 1.807) is 17.4 Å². The molecule has 1 aliphatic rings. The van der Waals surface area contributed by atoms with Crippen molar-refractivity contribution in [3.05, 3.63) is 47.0 Å². The molecule has 2 N–H and O–H groups in total.